The molecule has 0 bridgehead atoms. The van der Waals surface area contributed by atoms with E-state index in [1.165, 1.54) is 141 Å². The molecule has 0 heterocycles. The third kappa shape index (κ3) is 41.4. The number of hydrogen-bond acceptors (Lipinski definition) is 6. The summed E-state index contributed by atoms with van der Waals surface area (Å²) in [5, 5.41) is 0. The first-order valence-corrected chi connectivity index (χ1v) is 23.2. The van der Waals surface area contributed by atoms with Gasteiger partial charge in [-0.25, -0.2) is 0 Å². The first-order chi connectivity index (χ1) is 25.7. The van der Waals surface area contributed by atoms with Crippen molar-refractivity contribution in [1.29, 1.82) is 0 Å². The maximum Gasteiger partial charge on any atom is 0.306 e. The van der Waals surface area contributed by atoms with Crippen LogP contribution < -0.4 is 0 Å². The van der Waals surface area contributed by atoms with E-state index in [0.29, 0.717) is 19.3 Å². The summed E-state index contributed by atoms with van der Waals surface area (Å²) in [6.07, 6.45) is 38.1. The number of ether oxygens (including phenoxy) is 3. The Bertz CT molecular complexity index is 809. The average Bonchev–Trinajstić information content (AvgIpc) is 3.12. The Morgan fingerprint density at radius 2 is 0.623 bits per heavy atom. The molecular formula is C47H90O6. The number of carbonyl (C=O) groups excluding carboxylic acids is 3. The summed E-state index contributed by atoms with van der Waals surface area (Å²) in [5.41, 5.74) is 0. The molecule has 53 heavy (non-hydrogen) atoms. The predicted octanol–water partition coefficient (Wildman–Crippen LogP) is 14.6. The molecule has 0 aliphatic rings. The van der Waals surface area contributed by atoms with Gasteiger partial charge >= 0.3 is 17.9 Å². The highest BCUT2D eigenvalue weighted by atomic mass is 16.6. The van der Waals surface area contributed by atoms with E-state index in [1.807, 2.05) is 0 Å². The highest BCUT2D eigenvalue weighted by Crippen LogP contribution is 2.16. The van der Waals surface area contributed by atoms with E-state index in [-0.39, 0.29) is 31.1 Å². The Morgan fingerprint density at radius 3 is 0.925 bits per heavy atom. The summed E-state index contributed by atoms with van der Waals surface area (Å²) in [4.78, 5) is 37.7. The number of hydrogen-bond donors (Lipinski definition) is 0. The molecule has 0 aromatic rings. The Morgan fingerprint density at radius 1 is 0.358 bits per heavy atom. The van der Waals surface area contributed by atoms with E-state index in [1.54, 1.807) is 0 Å². The third-order valence-corrected chi connectivity index (χ3v) is 10.5. The Balaban J connectivity index is 4.29. The van der Waals surface area contributed by atoms with Gasteiger partial charge in [-0.3, -0.25) is 14.4 Å². The van der Waals surface area contributed by atoms with Crippen molar-refractivity contribution in [2.45, 2.75) is 259 Å². The quantitative estimate of drug-likeness (QED) is 0.0352. The van der Waals surface area contributed by atoms with Crippen LogP contribution in [0.15, 0.2) is 0 Å². The Labute approximate surface area is 329 Å². The molecule has 6 nitrogen and oxygen atoms in total. The van der Waals surface area contributed by atoms with E-state index >= 15 is 0 Å². The zero-order valence-electron chi connectivity index (χ0n) is 36.1. The van der Waals surface area contributed by atoms with Gasteiger partial charge in [-0.05, 0) is 31.1 Å². The highest BCUT2D eigenvalue weighted by Gasteiger charge is 2.19. The number of unbranched alkanes of at least 4 members (excludes halogenated alkanes) is 26. The average molecular weight is 751 g/mol. The summed E-state index contributed by atoms with van der Waals surface area (Å²) in [6.45, 7) is 11.3. The molecule has 0 rings (SSSR count). The topological polar surface area (TPSA) is 78.9 Å². The molecule has 0 saturated heterocycles. The van der Waals surface area contributed by atoms with Gasteiger partial charge in [0.1, 0.15) is 13.2 Å². The number of rotatable bonds is 41. The van der Waals surface area contributed by atoms with Crippen LogP contribution in [0.2, 0.25) is 0 Å². The van der Waals surface area contributed by atoms with Crippen molar-refractivity contribution in [3.8, 4) is 0 Å². The van der Waals surface area contributed by atoms with Gasteiger partial charge in [0.15, 0.2) is 6.10 Å². The minimum absolute atomic E-state index is 0.0654. The zero-order valence-corrected chi connectivity index (χ0v) is 36.1. The first-order valence-electron chi connectivity index (χ1n) is 23.2. The van der Waals surface area contributed by atoms with Crippen LogP contribution >= 0.6 is 0 Å². The van der Waals surface area contributed by atoms with Crippen molar-refractivity contribution in [2.75, 3.05) is 13.2 Å². The minimum Gasteiger partial charge on any atom is -0.462 e. The van der Waals surface area contributed by atoms with Gasteiger partial charge in [-0.15, -0.1) is 0 Å². The molecule has 0 aliphatic heterocycles. The Hall–Kier alpha value is -1.59. The lowest BCUT2D eigenvalue weighted by molar-refractivity contribution is -0.167. The van der Waals surface area contributed by atoms with Crippen LogP contribution in [-0.2, 0) is 28.6 Å². The van der Waals surface area contributed by atoms with Gasteiger partial charge in [0.25, 0.3) is 0 Å². The molecule has 0 aromatic heterocycles. The first kappa shape index (κ1) is 51.4. The summed E-state index contributed by atoms with van der Waals surface area (Å²) in [7, 11) is 0. The maximum atomic E-state index is 12.7. The summed E-state index contributed by atoms with van der Waals surface area (Å²) in [5.74, 6) is 0.740. The van der Waals surface area contributed by atoms with Crippen molar-refractivity contribution in [3.05, 3.63) is 0 Å². The zero-order chi connectivity index (χ0) is 39.0. The van der Waals surface area contributed by atoms with Crippen LogP contribution in [0.5, 0.6) is 0 Å². The van der Waals surface area contributed by atoms with Crippen LogP contribution in [0.3, 0.4) is 0 Å². The van der Waals surface area contributed by atoms with Crippen molar-refractivity contribution < 1.29 is 28.6 Å². The molecule has 0 fully saturated rings. The van der Waals surface area contributed by atoms with Crippen LogP contribution in [0.4, 0.5) is 0 Å². The second-order valence-corrected chi connectivity index (χ2v) is 17.0. The summed E-state index contributed by atoms with van der Waals surface area (Å²) < 4.78 is 16.7. The molecule has 0 aromatic carbocycles. The van der Waals surface area contributed by atoms with Crippen molar-refractivity contribution in [3.63, 3.8) is 0 Å². The second kappa shape index (κ2) is 40.1. The van der Waals surface area contributed by atoms with Crippen LogP contribution in [0.1, 0.15) is 253 Å². The summed E-state index contributed by atoms with van der Waals surface area (Å²) in [6, 6.07) is 0. The molecule has 0 unspecified atom stereocenters. The lowest BCUT2D eigenvalue weighted by atomic mass is 10.0. The van der Waals surface area contributed by atoms with Crippen LogP contribution in [0.25, 0.3) is 0 Å². The predicted molar refractivity (Wildman–Crippen MR) is 224 cm³/mol. The van der Waals surface area contributed by atoms with Crippen molar-refractivity contribution >= 4 is 17.9 Å². The largest absolute Gasteiger partial charge is 0.462 e. The molecular weight excluding hydrogens is 661 g/mol. The van der Waals surface area contributed by atoms with Crippen LogP contribution in [-0.4, -0.2) is 37.2 Å². The van der Waals surface area contributed by atoms with Gasteiger partial charge in [0.2, 0.25) is 0 Å². The monoisotopic (exact) mass is 751 g/mol. The summed E-state index contributed by atoms with van der Waals surface area (Å²) >= 11 is 0. The minimum atomic E-state index is -0.760. The smallest absolute Gasteiger partial charge is 0.306 e. The molecule has 314 valence electrons. The van der Waals surface area contributed by atoms with Gasteiger partial charge in [-0.2, -0.15) is 0 Å². The van der Waals surface area contributed by atoms with Gasteiger partial charge < -0.3 is 14.2 Å². The van der Waals surface area contributed by atoms with Gasteiger partial charge in [0, 0.05) is 19.3 Å². The van der Waals surface area contributed by atoms with E-state index < -0.39 is 6.10 Å². The molecule has 0 N–H and O–H groups in total. The van der Waals surface area contributed by atoms with Gasteiger partial charge in [0.05, 0.1) is 0 Å². The molecule has 0 spiro atoms. The van der Waals surface area contributed by atoms with Crippen molar-refractivity contribution in [1.82, 2.24) is 0 Å². The standard InChI is InChI=1S/C47H90O6/c1-6-7-8-9-10-11-18-21-27-32-37-45(48)51-40-44(41-52-46(49)38-33-28-24-23-26-31-36-43(4)5)53-47(50)39-34-29-22-19-16-14-12-13-15-17-20-25-30-35-42(2)3/h42-44H,6-41H2,1-5H3/t44-/m0/s1. The molecule has 0 aliphatic carbocycles. The maximum absolute atomic E-state index is 12.7. The normalized spacial score (nSPS) is 12.1. The molecule has 0 saturated carbocycles. The third-order valence-electron chi connectivity index (χ3n) is 10.5. The lowest BCUT2D eigenvalue weighted by Gasteiger charge is -2.18. The van der Waals surface area contributed by atoms with E-state index in [2.05, 4.69) is 34.6 Å². The number of carbonyl (C=O) groups is 3. The number of esters is 3. The molecule has 0 amide bonds. The molecule has 1 atom stereocenters. The van der Waals surface area contributed by atoms with Gasteiger partial charge in [-0.1, -0.05) is 214 Å². The molecule has 6 heteroatoms. The SMILES string of the molecule is CCCCCCCCCCCCC(=O)OC[C@@H](COC(=O)CCCCCCCCC(C)C)OC(=O)CCCCCCCCCCCCCCCC(C)C. The lowest BCUT2D eigenvalue weighted by Crippen LogP contribution is -2.30. The molecule has 0 radical (unpaired) electrons. The van der Waals surface area contributed by atoms with Crippen molar-refractivity contribution in [2.24, 2.45) is 11.8 Å². The fourth-order valence-corrected chi connectivity index (χ4v) is 6.93. The Kier molecular flexibility index (Phi) is 38.9. The highest BCUT2D eigenvalue weighted by molar-refractivity contribution is 5.71. The second-order valence-electron chi connectivity index (χ2n) is 17.0. The van der Waals surface area contributed by atoms with E-state index in [0.717, 1.165) is 69.6 Å². The van der Waals surface area contributed by atoms with E-state index in [9.17, 15) is 14.4 Å². The van der Waals surface area contributed by atoms with Crippen LogP contribution in [0, 0.1) is 11.8 Å². The fourth-order valence-electron chi connectivity index (χ4n) is 6.93. The fraction of sp³-hybridized carbons (Fsp3) is 0.936. The van der Waals surface area contributed by atoms with E-state index in [4.69, 9.17) is 14.2 Å².